The lowest BCUT2D eigenvalue weighted by Crippen LogP contribution is -2.72. The van der Waals surface area contributed by atoms with Crippen molar-refractivity contribution in [3.05, 3.63) is 11.1 Å². The number of ether oxygens (including phenoxy) is 4. The molecule has 0 amide bonds. The summed E-state index contributed by atoms with van der Waals surface area (Å²) in [5.74, 6) is 0.162. The predicted octanol–water partition coefficient (Wildman–Crippen LogP) is 2.31. The Hall–Kier alpha value is -0.800. The van der Waals surface area contributed by atoms with E-state index in [1.54, 1.807) is 0 Å². The molecule has 0 aromatic heterocycles. The Labute approximate surface area is 181 Å². The molecule has 0 aromatic rings. The van der Waals surface area contributed by atoms with Crippen molar-refractivity contribution in [1.29, 1.82) is 0 Å². The number of esters is 1. The number of phosphoric ester groups is 1. The van der Waals surface area contributed by atoms with Crippen molar-refractivity contribution in [3.63, 3.8) is 0 Å². The minimum Gasteiger partial charge on any atom is -0.458 e. The van der Waals surface area contributed by atoms with E-state index in [2.05, 4.69) is 25.3 Å². The first-order valence-electron chi connectivity index (χ1n) is 11.0. The molecule has 0 radical (unpaired) electrons. The zero-order chi connectivity index (χ0) is 22.4. The van der Waals surface area contributed by atoms with Gasteiger partial charge in [-0.1, -0.05) is 20.8 Å². The van der Waals surface area contributed by atoms with Gasteiger partial charge in [0.05, 0.1) is 18.8 Å². The fourth-order valence-corrected chi connectivity index (χ4v) is 7.32. The Morgan fingerprint density at radius 3 is 2.71 bits per heavy atom. The largest absolute Gasteiger partial charge is 0.471 e. The Kier molecular flexibility index (Phi) is 4.87. The number of carbonyl (C=O) groups is 1. The molecule has 0 bridgehead atoms. The van der Waals surface area contributed by atoms with E-state index in [1.807, 2.05) is 6.92 Å². The van der Waals surface area contributed by atoms with Gasteiger partial charge in [0, 0.05) is 16.9 Å². The van der Waals surface area contributed by atoms with E-state index < -0.39 is 31.9 Å². The van der Waals surface area contributed by atoms with Crippen LogP contribution in [0.2, 0.25) is 0 Å². The molecule has 3 fully saturated rings. The van der Waals surface area contributed by atoms with Crippen LogP contribution >= 0.6 is 7.82 Å². The minimum atomic E-state index is -4.65. The van der Waals surface area contributed by atoms with Crippen molar-refractivity contribution in [1.82, 2.24) is 0 Å². The standard InChI is InChI=1S/C21H31O9P/c1-11(2)13-7-16-21(30-16)19(3)6-5-12-14(8-26-18(12)22)15(19)9-28-20(21,4)17(13)27-10-29-31(23,24)25/h11,13,15-17H,5-10H2,1-4H3,(H2,23,24,25). The van der Waals surface area contributed by atoms with Gasteiger partial charge in [0.15, 0.2) is 6.79 Å². The lowest BCUT2D eigenvalue weighted by molar-refractivity contribution is -0.274. The van der Waals surface area contributed by atoms with Crippen molar-refractivity contribution < 1.29 is 42.6 Å². The Morgan fingerprint density at radius 1 is 1.29 bits per heavy atom. The van der Waals surface area contributed by atoms with E-state index in [9.17, 15) is 9.36 Å². The Balaban J connectivity index is 1.50. The van der Waals surface area contributed by atoms with Gasteiger partial charge >= 0.3 is 13.8 Å². The van der Waals surface area contributed by atoms with E-state index >= 15 is 0 Å². The van der Waals surface area contributed by atoms with Crippen LogP contribution in [0.15, 0.2) is 11.1 Å². The molecular weight excluding hydrogens is 427 g/mol. The molecule has 0 aromatic carbocycles. The van der Waals surface area contributed by atoms with Gasteiger partial charge in [-0.2, -0.15) is 0 Å². The van der Waals surface area contributed by atoms with Crippen LogP contribution in [0.25, 0.3) is 0 Å². The number of phosphoric acid groups is 1. The van der Waals surface area contributed by atoms with Crippen LogP contribution in [0, 0.1) is 23.2 Å². The van der Waals surface area contributed by atoms with Crippen LogP contribution in [-0.2, 0) is 32.8 Å². The highest BCUT2D eigenvalue weighted by atomic mass is 31.2. The highest BCUT2D eigenvalue weighted by molar-refractivity contribution is 7.46. The van der Waals surface area contributed by atoms with Crippen LogP contribution in [-0.4, -0.2) is 59.2 Å². The molecule has 5 aliphatic rings. The maximum Gasteiger partial charge on any atom is 0.471 e. The molecular formula is C21H31O9P. The van der Waals surface area contributed by atoms with Crippen LogP contribution in [0.5, 0.6) is 0 Å². The lowest BCUT2D eigenvalue weighted by Gasteiger charge is -2.61. The average molecular weight is 458 g/mol. The highest BCUT2D eigenvalue weighted by Crippen LogP contribution is 2.72. The third kappa shape index (κ3) is 2.91. The van der Waals surface area contributed by atoms with Crippen molar-refractivity contribution in [3.8, 4) is 0 Å². The van der Waals surface area contributed by atoms with Crippen LogP contribution in [0.4, 0.5) is 0 Å². The number of epoxide rings is 1. The molecule has 174 valence electrons. The summed E-state index contributed by atoms with van der Waals surface area (Å²) in [5.41, 5.74) is 0.173. The SMILES string of the molecule is CC(C)C1CC2OC23C2(C)CCC4=C(COC4=O)C2COC3(C)C1OCOP(=O)(O)O. The predicted molar refractivity (Wildman–Crippen MR) is 107 cm³/mol. The minimum absolute atomic E-state index is 0.0143. The third-order valence-electron chi connectivity index (χ3n) is 8.68. The summed E-state index contributed by atoms with van der Waals surface area (Å²) >= 11 is 0. The molecule has 3 aliphatic heterocycles. The summed E-state index contributed by atoms with van der Waals surface area (Å²) in [6.07, 6.45) is 1.79. The van der Waals surface area contributed by atoms with Crippen LogP contribution in [0.3, 0.4) is 0 Å². The molecule has 2 N–H and O–H groups in total. The van der Waals surface area contributed by atoms with Gasteiger partial charge in [-0.15, -0.1) is 0 Å². The number of fused-ring (bicyclic) bond motifs is 2. The maximum atomic E-state index is 12.1. The van der Waals surface area contributed by atoms with Crippen LogP contribution in [0.1, 0.15) is 47.0 Å². The van der Waals surface area contributed by atoms with E-state index in [0.29, 0.717) is 19.6 Å². The molecule has 31 heavy (non-hydrogen) atoms. The third-order valence-corrected chi connectivity index (χ3v) is 9.12. The molecule has 7 atom stereocenters. The molecule has 7 unspecified atom stereocenters. The molecule has 5 rings (SSSR count). The van der Waals surface area contributed by atoms with Crippen molar-refractivity contribution in [2.45, 2.75) is 70.4 Å². The van der Waals surface area contributed by atoms with Crippen molar-refractivity contribution in [2.24, 2.45) is 23.2 Å². The van der Waals surface area contributed by atoms with E-state index in [-0.39, 0.29) is 35.2 Å². The van der Waals surface area contributed by atoms with Gasteiger partial charge in [0.2, 0.25) is 0 Å². The molecule has 3 heterocycles. The van der Waals surface area contributed by atoms with E-state index in [4.69, 9.17) is 28.7 Å². The van der Waals surface area contributed by atoms with Gasteiger partial charge in [0.1, 0.15) is 17.8 Å². The fourth-order valence-electron chi connectivity index (χ4n) is 7.12. The zero-order valence-corrected chi connectivity index (χ0v) is 19.2. The normalized spacial score (nSPS) is 46.2. The monoisotopic (exact) mass is 458 g/mol. The first-order valence-corrected chi connectivity index (χ1v) is 12.5. The first-order chi connectivity index (χ1) is 14.4. The molecule has 1 saturated carbocycles. The zero-order valence-electron chi connectivity index (χ0n) is 18.3. The number of cyclic esters (lactones) is 1. The summed E-state index contributed by atoms with van der Waals surface area (Å²) in [6.45, 7) is 8.67. The van der Waals surface area contributed by atoms with Gasteiger partial charge in [-0.25, -0.2) is 9.36 Å². The number of rotatable bonds is 5. The highest BCUT2D eigenvalue weighted by Gasteiger charge is 2.84. The maximum absolute atomic E-state index is 12.1. The molecule has 10 heteroatoms. The van der Waals surface area contributed by atoms with Crippen molar-refractivity contribution >= 4 is 13.8 Å². The van der Waals surface area contributed by atoms with Gasteiger partial charge < -0.3 is 28.7 Å². The summed E-state index contributed by atoms with van der Waals surface area (Å²) in [7, 11) is -4.65. The van der Waals surface area contributed by atoms with Crippen LogP contribution < -0.4 is 0 Å². The smallest absolute Gasteiger partial charge is 0.458 e. The second-order valence-corrected chi connectivity index (χ2v) is 11.5. The van der Waals surface area contributed by atoms with Gasteiger partial charge in [0.25, 0.3) is 0 Å². The summed E-state index contributed by atoms with van der Waals surface area (Å²) in [6, 6.07) is 0. The van der Waals surface area contributed by atoms with Gasteiger partial charge in [-0.3, -0.25) is 4.52 Å². The topological polar surface area (TPSA) is 124 Å². The van der Waals surface area contributed by atoms with Gasteiger partial charge in [-0.05, 0) is 43.6 Å². The molecule has 2 saturated heterocycles. The average Bonchev–Trinajstić information content (AvgIpc) is 3.32. The molecule has 1 spiro atoms. The Bertz CT molecular complexity index is 880. The second kappa shape index (κ2) is 6.86. The fraction of sp³-hybridized carbons (Fsp3) is 0.857. The number of hydrogen-bond donors (Lipinski definition) is 2. The van der Waals surface area contributed by atoms with E-state index in [1.165, 1.54) is 0 Å². The summed E-state index contributed by atoms with van der Waals surface area (Å²) in [4.78, 5) is 30.3. The molecule has 9 nitrogen and oxygen atoms in total. The summed E-state index contributed by atoms with van der Waals surface area (Å²) < 4.78 is 40.2. The summed E-state index contributed by atoms with van der Waals surface area (Å²) in [5, 5.41) is 0. The Morgan fingerprint density at radius 2 is 2.03 bits per heavy atom. The lowest BCUT2D eigenvalue weighted by atomic mass is 9.49. The second-order valence-electron chi connectivity index (χ2n) is 10.3. The quantitative estimate of drug-likeness (QED) is 0.276. The van der Waals surface area contributed by atoms with E-state index in [0.717, 1.165) is 24.0 Å². The first kappa shape index (κ1) is 22.0. The number of carbonyl (C=O) groups excluding carboxylic acids is 1. The molecule has 2 aliphatic carbocycles. The van der Waals surface area contributed by atoms with Crippen molar-refractivity contribution in [2.75, 3.05) is 20.0 Å². The number of hydrogen-bond acceptors (Lipinski definition) is 7.